The van der Waals surface area contributed by atoms with Crippen molar-refractivity contribution in [3.8, 4) is 0 Å². The van der Waals surface area contributed by atoms with Crippen molar-refractivity contribution >= 4 is 119 Å². The van der Waals surface area contributed by atoms with Crippen LogP contribution in [0.25, 0.3) is 27.6 Å². The van der Waals surface area contributed by atoms with Crippen LogP contribution in [0.3, 0.4) is 0 Å². The summed E-state index contributed by atoms with van der Waals surface area (Å²) >= 11 is 0. The summed E-state index contributed by atoms with van der Waals surface area (Å²) < 4.78 is 145. The van der Waals surface area contributed by atoms with Crippen LogP contribution in [0.1, 0.15) is 15.9 Å². The number of benzene rings is 7. The predicted octanol–water partition coefficient (Wildman–Crippen LogP) is -4.15. The fourth-order valence-electron chi connectivity index (χ4n) is 6.71. The molecule has 0 unspecified atom stereocenters. The summed E-state index contributed by atoms with van der Waals surface area (Å²) in [4.78, 5) is 10.9. The topological polar surface area (TPSA) is 332 Å². The molecule has 334 valence electrons. The molecular formula is C42H25N7Na4O13S4. The number of nitrogens with zero attached hydrogens (tertiary/aromatic N) is 5. The molecule has 7 aromatic carbocycles. The zero-order valence-corrected chi connectivity index (χ0v) is 48.2. The van der Waals surface area contributed by atoms with Crippen molar-refractivity contribution in [2.45, 2.75) is 14.7 Å². The van der Waals surface area contributed by atoms with E-state index in [1.165, 1.54) is 60.7 Å². The molecule has 0 aromatic heterocycles. The largest absolute Gasteiger partial charge is 1.00 e. The quantitative estimate of drug-likeness (QED) is 0.0508. The number of allylic oxidation sites excluding steroid dienone is 1. The van der Waals surface area contributed by atoms with E-state index in [0.717, 1.165) is 42.5 Å². The number of Topliss-reactive ketones (excluding diaryl/α,β-unsaturated/α-hetero) is 1. The number of para-hydroxylation sites is 1. The van der Waals surface area contributed by atoms with Gasteiger partial charge < -0.3 is 23.5 Å². The Kier molecular flexibility index (Phi) is 20.0. The third-order valence-corrected chi connectivity index (χ3v) is 13.1. The molecule has 1 aliphatic carbocycles. The molecule has 0 spiro atoms. The summed E-state index contributed by atoms with van der Waals surface area (Å²) in [6.07, 6.45) is 0.997. The minimum atomic E-state index is -5.33. The Morgan fingerprint density at radius 2 is 0.971 bits per heavy atom. The molecule has 2 N–H and O–H groups in total. The summed E-state index contributed by atoms with van der Waals surface area (Å²) in [6, 6.07) is 29.9. The van der Waals surface area contributed by atoms with Crippen molar-refractivity contribution in [3.05, 3.63) is 149 Å². The second-order valence-corrected chi connectivity index (χ2v) is 19.6. The Morgan fingerprint density at radius 3 is 1.56 bits per heavy atom. The van der Waals surface area contributed by atoms with Crippen LogP contribution in [0.4, 0.5) is 39.8 Å². The first-order valence-electron chi connectivity index (χ1n) is 18.6. The molecule has 70 heavy (non-hydrogen) atoms. The molecule has 20 nitrogen and oxygen atoms in total. The van der Waals surface area contributed by atoms with Crippen molar-refractivity contribution in [3.63, 3.8) is 0 Å². The summed E-state index contributed by atoms with van der Waals surface area (Å²) in [5.41, 5.74) is 3.01. The number of hydrazone groups is 1. The Bertz CT molecular complexity index is 3810. The number of azo groups is 2. The number of fused-ring (bicyclic) bond motifs is 3. The minimum Gasteiger partial charge on any atom is -0.744 e. The van der Waals surface area contributed by atoms with Crippen LogP contribution < -0.4 is 129 Å². The number of carbonyl (C=O) groups is 1. The zero-order valence-electron chi connectivity index (χ0n) is 37.0. The standard InChI is InChI=1S/C42H29N7O13S4.4Na/c50-42-31-12-9-26(43-25-5-2-1-3-6-25)19-24(31)20-40(66(60,61)62)41(42)49-48-39-18-16-37(33-14-11-30(23-35(33)39)65(57,58)59)46-47-38-17-15-36(32-13-10-29(22-34(32)38)64(54,55)56)45-44-27-7-4-8-28(21-27)63(51,52)53;;;;/h1-23,43,48H,(H,51,52,53)(H,54,55,56)(H,57,58,59)(H,60,61,62);;;;/q;4*+1/p-4. The molecule has 7 aromatic rings. The van der Waals surface area contributed by atoms with E-state index >= 15 is 0 Å². The first-order chi connectivity index (χ1) is 31.1. The fourth-order valence-corrected chi connectivity index (χ4v) is 8.87. The van der Waals surface area contributed by atoms with Crippen LogP contribution >= 0.6 is 0 Å². The molecule has 28 heteroatoms. The number of anilines is 3. The predicted molar refractivity (Wildman–Crippen MR) is 236 cm³/mol. The van der Waals surface area contributed by atoms with Crippen LogP contribution in [0, 0.1) is 0 Å². The molecule has 0 bridgehead atoms. The maximum atomic E-state index is 13.7. The molecule has 0 fully saturated rings. The third kappa shape index (κ3) is 13.6. The monoisotopic (exact) mass is 1050 g/mol. The van der Waals surface area contributed by atoms with Gasteiger partial charge in [0.25, 0.3) is 0 Å². The van der Waals surface area contributed by atoms with Crippen LogP contribution in [0.15, 0.2) is 179 Å². The van der Waals surface area contributed by atoms with Gasteiger partial charge in [0, 0.05) is 38.5 Å². The van der Waals surface area contributed by atoms with Gasteiger partial charge in [0.1, 0.15) is 46.2 Å². The van der Waals surface area contributed by atoms with Gasteiger partial charge in [0.2, 0.25) is 5.78 Å². The molecule has 0 heterocycles. The van der Waals surface area contributed by atoms with Crippen LogP contribution in [0.5, 0.6) is 0 Å². The molecule has 0 saturated carbocycles. The number of carbonyl (C=O) groups excluding carboxylic acids is 1. The first-order valence-corrected chi connectivity index (χ1v) is 24.2. The second-order valence-electron chi connectivity index (χ2n) is 14.1. The van der Waals surface area contributed by atoms with E-state index in [1.54, 1.807) is 30.3 Å². The summed E-state index contributed by atoms with van der Waals surface area (Å²) in [5.74, 6) is -0.935. The van der Waals surface area contributed by atoms with Gasteiger partial charge in [-0.05, 0) is 109 Å². The zero-order chi connectivity index (χ0) is 47.2. The number of hydrogen-bond donors (Lipinski definition) is 2. The Morgan fingerprint density at radius 1 is 0.443 bits per heavy atom. The average molecular weight is 1060 g/mol. The molecule has 0 amide bonds. The van der Waals surface area contributed by atoms with E-state index in [-0.39, 0.29) is 179 Å². The van der Waals surface area contributed by atoms with Gasteiger partial charge in [0.15, 0.2) is 0 Å². The first kappa shape index (κ1) is 59.1. The average Bonchev–Trinajstić information content (AvgIpc) is 3.26. The maximum absolute atomic E-state index is 13.7. The van der Waals surface area contributed by atoms with Crippen molar-refractivity contribution in [2.75, 3.05) is 10.7 Å². The number of hydrogen-bond acceptors (Lipinski definition) is 20. The molecule has 0 atom stereocenters. The van der Waals surface area contributed by atoms with E-state index in [4.69, 9.17) is 0 Å². The second kappa shape index (κ2) is 23.6. The summed E-state index contributed by atoms with van der Waals surface area (Å²) in [6.45, 7) is 0. The Labute approximate surface area is 488 Å². The van der Waals surface area contributed by atoms with Crippen molar-refractivity contribution in [1.29, 1.82) is 0 Å². The van der Waals surface area contributed by atoms with E-state index in [2.05, 4.69) is 36.3 Å². The van der Waals surface area contributed by atoms with Gasteiger partial charge in [-0.15, -0.1) is 15.3 Å². The third-order valence-electron chi connectivity index (χ3n) is 9.78. The van der Waals surface area contributed by atoms with Crippen LogP contribution in [0.2, 0.25) is 0 Å². The van der Waals surface area contributed by atoms with Crippen LogP contribution in [-0.4, -0.2) is 63.4 Å². The van der Waals surface area contributed by atoms with Crippen molar-refractivity contribution in [1.82, 2.24) is 0 Å². The maximum Gasteiger partial charge on any atom is 1.00 e. The van der Waals surface area contributed by atoms with E-state index in [9.17, 15) is 56.7 Å². The Hall–Kier alpha value is -3.42. The van der Waals surface area contributed by atoms with E-state index in [0.29, 0.717) is 11.4 Å². The minimum absolute atomic E-state index is 0. The van der Waals surface area contributed by atoms with Gasteiger partial charge in [0.05, 0.1) is 48.0 Å². The molecule has 1 aliphatic rings. The number of ketones is 1. The van der Waals surface area contributed by atoms with Crippen molar-refractivity contribution < 1.29 is 175 Å². The smallest absolute Gasteiger partial charge is 0.744 e. The molecular weight excluding hydrogens is 1030 g/mol. The van der Waals surface area contributed by atoms with Gasteiger partial charge in [-0.1, -0.05) is 36.4 Å². The molecule has 0 aliphatic heterocycles. The molecule has 0 saturated heterocycles. The van der Waals surface area contributed by atoms with Crippen molar-refractivity contribution in [2.24, 2.45) is 25.6 Å². The van der Waals surface area contributed by atoms with Gasteiger partial charge in [-0.3, -0.25) is 10.2 Å². The Balaban J connectivity index is 0.00000266. The van der Waals surface area contributed by atoms with Gasteiger partial charge in [-0.2, -0.15) is 10.2 Å². The SMILES string of the molecule is O=C1C(=NNc2ccc(N=Nc3ccc(N=Nc4cccc(S(=O)(=O)[O-])c4)c4ccc(S(=O)(=O)[O-])cc34)c3ccc(S(=O)(=O)[O-])cc23)C(S(=O)(=O)[O-])=Cc2cc(Nc3ccccc3)ccc21.[Na+].[Na+].[Na+].[Na+]. The van der Waals surface area contributed by atoms with E-state index < -0.39 is 71.6 Å². The van der Waals surface area contributed by atoms with Gasteiger partial charge >= 0.3 is 118 Å². The van der Waals surface area contributed by atoms with Gasteiger partial charge in [-0.25, -0.2) is 33.7 Å². The van der Waals surface area contributed by atoms with Crippen LogP contribution in [-0.2, 0) is 40.5 Å². The normalized spacial score (nSPS) is 13.5. The van der Waals surface area contributed by atoms with E-state index in [1.807, 2.05) is 6.07 Å². The summed E-state index contributed by atoms with van der Waals surface area (Å²) in [5, 5.41) is 24.0. The summed E-state index contributed by atoms with van der Waals surface area (Å²) in [7, 11) is -20.2. The molecule has 0 radical (unpaired) electrons. The fraction of sp³-hybridized carbons (Fsp3) is 0. The number of nitrogens with one attached hydrogen (secondary N) is 2. The number of rotatable bonds is 12. The molecule has 8 rings (SSSR count).